The summed E-state index contributed by atoms with van der Waals surface area (Å²) in [4.78, 5) is 21.9. The molecule has 19 heavy (non-hydrogen) atoms. The first-order valence-corrected chi connectivity index (χ1v) is 6.35. The fraction of sp³-hybridized carbons (Fsp3) is 0.385. The zero-order valence-corrected chi connectivity index (χ0v) is 11.5. The molecule has 3 N–H and O–H groups in total. The first-order chi connectivity index (χ1) is 8.99. The molecule has 0 unspecified atom stereocenters. The summed E-state index contributed by atoms with van der Waals surface area (Å²) in [5, 5.41) is 14.7. The number of carboxylic acids is 1. The van der Waals surface area contributed by atoms with Gasteiger partial charge in [-0.05, 0) is 37.6 Å². The van der Waals surface area contributed by atoms with Crippen molar-refractivity contribution in [2.45, 2.75) is 19.8 Å². The van der Waals surface area contributed by atoms with Gasteiger partial charge in [-0.3, -0.25) is 9.59 Å². The molecule has 0 heterocycles. The molecule has 0 aliphatic heterocycles. The lowest BCUT2D eigenvalue weighted by atomic mass is 10.2. The Balaban J connectivity index is 2.31. The Bertz CT molecular complexity index is 463. The maximum Gasteiger partial charge on any atom is 0.303 e. The molecule has 1 amide bonds. The normalized spacial score (nSPS) is 10.2. The van der Waals surface area contributed by atoms with E-state index in [9.17, 15) is 9.59 Å². The van der Waals surface area contributed by atoms with Crippen LogP contribution in [0.3, 0.4) is 0 Å². The molecule has 6 heteroatoms. The number of anilines is 1. The summed E-state index contributed by atoms with van der Waals surface area (Å²) < 4.78 is 0. The quantitative estimate of drug-likeness (QED) is 0.670. The van der Waals surface area contributed by atoms with Gasteiger partial charge in [-0.15, -0.1) is 0 Å². The number of nitrogens with one attached hydrogen (secondary N) is 2. The highest BCUT2D eigenvalue weighted by Gasteiger charge is 2.05. The largest absolute Gasteiger partial charge is 0.481 e. The molecule has 1 aromatic carbocycles. The standard InChI is InChI=1S/C13H17ClN2O3/c1-9-4-5-10(14)7-11(9)16-12(17)8-15-6-2-3-13(18)19/h4-5,7,15H,2-3,6,8H2,1H3,(H,16,17)(H,18,19). The van der Waals surface area contributed by atoms with Crippen molar-refractivity contribution in [2.24, 2.45) is 0 Å². The van der Waals surface area contributed by atoms with Crippen molar-refractivity contribution >= 4 is 29.2 Å². The fourth-order valence-corrected chi connectivity index (χ4v) is 1.66. The molecular formula is C13H17ClN2O3. The lowest BCUT2D eigenvalue weighted by molar-refractivity contribution is -0.137. The van der Waals surface area contributed by atoms with Crippen molar-refractivity contribution in [3.63, 3.8) is 0 Å². The molecule has 5 nitrogen and oxygen atoms in total. The van der Waals surface area contributed by atoms with E-state index in [2.05, 4.69) is 10.6 Å². The highest BCUT2D eigenvalue weighted by atomic mass is 35.5. The van der Waals surface area contributed by atoms with E-state index in [1.807, 2.05) is 13.0 Å². The molecule has 0 aliphatic carbocycles. The molecule has 0 saturated carbocycles. The van der Waals surface area contributed by atoms with Crippen molar-refractivity contribution in [1.29, 1.82) is 0 Å². The van der Waals surface area contributed by atoms with Gasteiger partial charge in [-0.25, -0.2) is 0 Å². The van der Waals surface area contributed by atoms with Crippen LogP contribution in [0.5, 0.6) is 0 Å². The minimum atomic E-state index is -0.833. The number of aryl methyl sites for hydroxylation is 1. The molecule has 0 atom stereocenters. The second-order valence-corrected chi connectivity index (χ2v) is 4.62. The van der Waals surface area contributed by atoms with Crippen molar-refractivity contribution < 1.29 is 14.7 Å². The molecular weight excluding hydrogens is 268 g/mol. The number of aliphatic carboxylic acids is 1. The van der Waals surface area contributed by atoms with Crippen LogP contribution in [-0.4, -0.2) is 30.1 Å². The first-order valence-electron chi connectivity index (χ1n) is 5.97. The lowest BCUT2D eigenvalue weighted by Crippen LogP contribution is -2.29. The highest BCUT2D eigenvalue weighted by molar-refractivity contribution is 6.31. The number of hydrogen-bond donors (Lipinski definition) is 3. The van der Waals surface area contributed by atoms with Crippen LogP contribution >= 0.6 is 11.6 Å². The fourth-order valence-electron chi connectivity index (χ4n) is 1.49. The van der Waals surface area contributed by atoms with Crippen molar-refractivity contribution in [2.75, 3.05) is 18.4 Å². The van der Waals surface area contributed by atoms with Crippen LogP contribution in [0.15, 0.2) is 18.2 Å². The summed E-state index contributed by atoms with van der Waals surface area (Å²) in [5.41, 5.74) is 1.62. The zero-order valence-electron chi connectivity index (χ0n) is 10.7. The second kappa shape index (κ2) is 7.76. The Kier molecular flexibility index (Phi) is 6.32. The van der Waals surface area contributed by atoms with E-state index in [0.717, 1.165) is 5.56 Å². The molecule has 0 spiro atoms. The lowest BCUT2D eigenvalue weighted by Gasteiger charge is -2.09. The SMILES string of the molecule is Cc1ccc(Cl)cc1NC(=O)CNCCCC(=O)O. The second-order valence-electron chi connectivity index (χ2n) is 4.18. The average molecular weight is 285 g/mol. The summed E-state index contributed by atoms with van der Waals surface area (Å²) in [7, 11) is 0. The van der Waals surface area contributed by atoms with Crippen LogP contribution < -0.4 is 10.6 Å². The smallest absolute Gasteiger partial charge is 0.303 e. The molecule has 1 aromatic rings. The third-order valence-electron chi connectivity index (χ3n) is 2.50. The molecule has 0 bridgehead atoms. The molecule has 0 aliphatic rings. The Morgan fingerprint density at radius 2 is 2.11 bits per heavy atom. The van der Waals surface area contributed by atoms with Crippen LogP contribution in [0.2, 0.25) is 5.02 Å². The number of benzene rings is 1. The molecule has 0 aromatic heterocycles. The number of rotatable bonds is 7. The van der Waals surface area contributed by atoms with Crippen molar-refractivity contribution in [3.05, 3.63) is 28.8 Å². The van der Waals surface area contributed by atoms with Gasteiger partial charge >= 0.3 is 5.97 Å². The third-order valence-corrected chi connectivity index (χ3v) is 2.74. The van der Waals surface area contributed by atoms with Crippen LogP contribution in [0, 0.1) is 6.92 Å². The number of hydrogen-bond acceptors (Lipinski definition) is 3. The van der Waals surface area contributed by atoms with Gasteiger partial charge in [0.2, 0.25) is 5.91 Å². The van der Waals surface area contributed by atoms with E-state index < -0.39 is 5.97 Å². The van der Waals surface area contributed by atoms with Crippen LogP contribution in [0.1, 0.15) is 18.4 Å². The zero-order chi connectivity index (χ0) is 14.3. The van der Waals surface area contributed by atoms with Crippen LogP contribution in [-0.2, 0) is 9.59 Å². The minimum absolute atomic E-state index is 0.0992. The minimum Gasteiger partial charge on any atom is -0.481 e. The van der Waals surface area contributed by atoms with E-state index in [4.69, 9.17) is 16.7 Å². The number of carboxylic acid groups (broad SMARTS) is 1. The van der Waals surface area contributed by atoms with E-state index in [1.54, 1.807) is 12.1 Å². The maximum atomic E-state index is 11.6. The van der Waals surface area contributed by atoms with Gasteiger partial charge in [0.15, 0.2) is 0 Å². The number of halogens is 1. The number of amides is 1. The third kappa shape index (κ3) is 6.22. The molecule has 104 valence electrons. The Morgan fingerprint density at radius 1 is 1.37 bits per heavy atom. The van der Waals surface area contributed by atoms with Gasteiger partial charge in [0.25, 0.3) is 0 Å². The molecule has 0 saturated heterocycles. The van der Waals surface area contributed by atoms with Gasteiger partial charge in [0, 0.05) is 17.1 Å². The molecule has 1 rings (SSSR count). The van der Waals surface area contributed by atoms with Crippen LogP contribution in [0.4, 0.5) is 5.69 Å². The molecule has 0 radical (unpaired) electrons. The summed E-state index contributed by atoms with van der Waals surface area (Å²) >= 11 is 5.85. The Labute approximate surface area is 117 Å². The highest BCUT2D eigenvalue weighted by Crippen LogP contribution is 2.19. The summed E-state index contributed by atoms with van der Waals surface area (Å²) in [6.07, 6.45) is 0.598. The van der Waals surface area contributed by atoms with E-state index in [1.165, 1.54) is 0 Å². The maximum absolute atomic E-state index is 11.6. The summed E-state index contributed by atoms with van der Waals surface area (Å²) in [6.45, 7) is 2.52. The van der Waals surface area contributed by atoms with E-state index in [-0.39, 0.29) is 18.9 Å². The monoisotopic (exact) mass is 284 g/mol. The van der Waals surface area contributed by atoms with E-state index >= 15 is 0 Å². The Morgan fingerprint density at radius 3 is 2.79 bits per heavy atom. The topological polar surface area (TPSA) is 78.4 Å². The number of carbonyl (C=O) groups is 2. The predicted molar refractivity (Wildman–Crippen MR) is 74.6 cm³/mol. The van der Waals surface area contributed by atoms with E-state index in [0.29, 0.717) is 23.7 Å². The van der Waals surface area contributed by atoms with Gasteiger partial charge in [-0.1, -0.05) is 17.7 Å². The molecule has 0 fully saturated rings. The summed E-state index contributed by atoms with van der Waals surface area (Å²) in [6, 6.07) is 5.29. The number of carbonyl (C=O) groups excluding carboxylic acids is 1. The van der Waals surface area contributed by atoms with Gasteiger partial charge in [-0.2, -0.15) is 0 Å². The van der Waals surface area contributed by atoms with Gasteiger partial charge in [0.1, 0.15) is 0 Å². The van der Waals surface area contributed by atoms with Crippen molar-refractivity contribution in [3.8, 4) is 0 Å². The van der Waals surface area contributed by atoms with Crippen molar-refractivity contribution in [1.82, 2.24) is 5.32 Å². The van der Waals surface area contributed by atoms with Crippen LogP contribution in [0.25, 0.3) is 0 Å². The Hall–Kier alpha value is -1.59. The summed E-state index contributed by atoms with van der Waals surface area (Å²) in [5.74, 6) is -1.01. The average Bonchev–Trinajstić information content (AvgIpc) is 2.33. The predicted octanol–water partition coefficient (Wildman–Crippen LogP) is 2.04. The first kappa shape index (κ1) is 15.5. The van der Waals surface area contributed by atoms with Gasteiger partial charge < -0.3 is 15.7 Å². The van der Waals surface area contributed by atoms with Gasteiger partial charge in [0.05, 0.1) is 6.54 Å².